The van der Waals surface area contributed by atoms with Gasteiger partial charge in [-0.25, -0.2) is 0 Å². The fourth-order valence-corrected chi connectivity index (χ4v) is 3.74. The van der Waals surface area contributed by atoms with Crippen molar-refractivity contribution in [2.75, 3.05) is 5.75 Å². The average Bonchev–Trinajstić information content (AvgIpc) is 2.97. The van der Waals surface area contributed by atoms with Gasteiger partial charge in [-0.05, 0) is 56.4 Å². The summed E-state index contributed by atoms with van der Waals surface area (Å²) in [5, 5.41) is 9.52. The van der Waals surface area contributed by atoms with Gasteiger partial charge in [0.2, 0.25) is 0 Å². The Hall–Kier alpha value is -2.53. The van der Waals surface area contributed by atoms with Crippen LogP contribution in [0, 0.1) is 11.3 Å². The maximum Gasteiger partial charge on any atom is 0.491 e. The highest BCUT2D eigenvalue weighted by atomic mass is 32.2. The third kappa shape index (κ3) is 5.83. The Bertz CT molecular complexity index is 1030. The molecule has 1 aliphatic heterocycles. The van der Waals surface area contributed by atoms with Gasteiger partial charge in [-0.1, -0.05) is 54.2 Å². The molecule has 0 amide bonds. The minimum Gasteiger partial charge on any atom is -0.488 e. The van der Waals surface area contributed by atoms with Crippen LogP contribution in [0.15, 0.2) is 54.0 Å². The van der Waals surface area contributed by atoms with Crippen LogP contribution in [0.1, 0.15) is 51.3 Å². The van der Waals surface area contributed by atoms with Gasteiger partial charge in [0.05, 0.1) is 16.8 Å². The Kier molecular flexibility index (Phi) is 7.50. The lowest BCUT2D eigenvalue weighted by molar-refractivity contribution is -0.109. The van der Waals surface area contributed by atoms with Crippen molar-refractivity contribution in [3.05, 3.63) is 70.7 Å². The molecule has 0 radical (unpaired) electrons. The highest BCUT2D eigenvalue weighted by Gasteiger charge is 2.52. The second-order valence-electron chi connectivity index (χ2n) is 8.73. The molecule has 0 N–H and O–H groups in total. The van der Waals surface area contributed by atoms with Crippen LogP contribution in [0.5, 0.6) is 5.75 Å². The van der Waals surface area contributed by atoms with E-state index in [4.69, 9.17) is 14.0 Å². The third-order valence-corrected chi connectivity index (χ3v) is 6.60. The summed E-state index contributed by atoms with van der Waals surface area (Å²) < 4.78 is 18.4. The molecule has 1 aliphatic rings. The van der Waals surface area contributed by atoms with E-state index in [0.29, 0.717) is 23.7 Å². The zero-order valence-electron chi connectivity index (χ0n) is 19.2. The van der Waals surface area contributed by atoms with Gasteiger partial charge in [0.1, 0.15) is 18.4 Å². The molecule has 0 spiro atoms. The Labute approximate surface area is 194 Å². The molecule has 32 heavy (non-hydrogen) atoms. The first-order chi connectivity index (χ1) is 15.1. The molecular weight excluding hydrogens is 421 g/mol. The van der Waals surface area contributed by atoms with Crippen LogP contribution >= 0.6 is 11.8 Å². The average molecular weight is 449 g/mol. The van der Waals surface area contributed by atoms with Gasteiger partial charge < -0.3 is 14.0 Å². The van der Waals surface area contributed by atoms with Gasteiger partial charge >= 0.3 is 7.12 Å². The van der Waals surface area contributed by atoms with Gasteiger partial charge in [0.15, 0.2) is 5.12 Å². The number of benzene rings is 2. The molecule has 5 nitrogen and oxygen atoms in total. The largest absolute Gasteiger partial charge is 0.491 e. The molecule has 7 heteroatoms. The number of thioether (sulfide) groups is 1. The summed E-state index contributed by atoms with van der Waals surface area (Å²) >= 11 is 1.21. The summed E-state index contributed by atoms with van der Waals surface area (Å²) in [6.07, 6.45) is 1.95. The Morgan fingerprint density at radius 1 is 1.12 bits per heavy atom. The van der Waals surface area contributed by atoms with Crippen molar-refractivity contribution < 1.29 is 18.8 Å². The van der Waals surface area contributed by atoms with Crippen LogP contribution in [0.25, 0.3) is 6.08 Å². The van der Waals surface area contributed by atoms with E-state index >= 15 is 0 Å². The summed E-state index contributed by atoms with van der Waals surface area (Å²) in [6.45, 7) is 9.91. The zero-order chi connectivity index (χ0) is 23.4. The van der Waals surface area contributed by atoms with Crippen LogP contribution in [-0.4, -0.2) is 29.2 Å². The van der Waals surface area contributed by atoms with E-state index in [0.717, 1.165) is 16.6 Å². The number of ether oxygens (including phenoxy) is 1. The molecule has 0 saturated carbocycles. The van der Waals surface area contributed by atoms with Crippen molar-refractivity contribution in [1.29, 1.82) is 5.26 Å². The predicted octanol–water partition coefficient (Wildman–Crippen LogP) is 5.43. The second kappa shape index (κ2) is 9.95. The van der Waals surface area contributed by atoms with Crippen molar-refractivity contribution in [3.8, 4) is 11.8 Å². The molecule has 0 bridgehead atoms. The molecule has 2 aromatic carbocycles. The minimum absolute atomic E-state index is 0.0270. The topological polar surface area (TPSA) is 68.6 Å². The maximum atomic E-state index is 11.6. The van der Waals surface area contributed by atoms with E-state index in [1.165, 1.54) is 11.8 Å². The molecule has 0 aliphatic carbocycles. The summed E-state index contributed by atoms with van der Waals surface area (Å²) in [4.78, 5) is 11.6. The maximum absolute atomic E-state index is 11.6. The van der Waals surface area contributed by atoms with Crippen LogP contribution in [0.2, 0.25) is 0 Å². The van der Waals surface area contributed by atoms with Gasteiger partial charge in [-0.2, -0.15) is 5.26 Å². The molecule has 0 aromatic heterocycles. The first kappa shape index (κ1) is 24.1. The molecule has 1 saturated heterocycles. The van der Waals surface area contributed by atoms with Crippen LogP contribution in [-0.2, 0) is 20.7 Å². The highest BCUT2D eigenvalue weighted by Crippen LogP contribution is 2.39. The lowest BCUT2D eigenvalue weighted by Crippen LogP contribution is -2.41. The van der Waals surface area contributed by atoms with E-state index in [1.807, 2.05) is 76.2 Å². The Morgan fingerprint density at radius 3 is 2.38 bits per heavy atom. The highest BCUT2D eigenvalue weighted by molar-refractivity contribution is 8.13. The summed E-state index contributed by atoms with van der Waals surface area (Å²) in [5.74, 6) is 0.962. The summed E-state index contributed by atoms with van der Waals surface area (Å²) in [6, 6.07) is 17.4. The molecule has 1 heterocycles. The molecule has 3 rings (SSSR count). The summed E-state index contributed by atoms with van der Waals surface area (Å²) in [7, 11) is -0.559. The lowest BCUT2D eigenvalue weighted by atomic mass is 9.78. The monoisotopic (exact) mass is 449 g/mol. The Balaban J connectivity index is 1.89. The Morgan fingerprint density at radius 2 is 1.78 bits per heavy atom. The number of hydrogen-bond acceptors (Lipinski definition) is 6. The summed E-state index contributed by atoms with van der Waals surface area (Å²) in [5.41, 5.74) is 2.23. The van der Waals surface area contributed by atoms with Crippen LogP contribution < -0.4 is 4.74 Å². The fraction of sp³-hybridized carbons (Fsp3) is 0.360. The number of rotatable bonds is 7. The number of carbonyl (C=O) groups is 1. The molecule has 0 atom stereocenters. The second-order valence-corrected chi connectivity index (χ2v) is 9.88. The van der Waals surface area contributed by atoms with Gasteiger partial charge in [-0.15, -0.1) is 0 Å². The third-order valence-electron chi connectivity index (χ3n) is 5.71. The number of carbonyl (C=O) groups excluding carboxylic acids is 1. The van der Waals surface area contributed by atoms with E-state index in [-0.39, 0.29) is 5.12 Å². The molecular formula is C25H28BNO4S. The van der Waals surface area contributed by atoms with Crippen molar-refractivity contribution in [3.63, 3.8) is 0 Å². The molecule has 166 valence electrons. The van der Waals surface area contributed by atoms with Gasteiger partial charge in [0.25, 0.3) is 0 Å². The van der Waals surface area contributed by atoms with Crippen LogP contribution in [0.4, 0.5) is 0 Å². The predicted molar refractivity (Wildman–Crippen MR) is 129 cm³/mol. The number of nitrogens with zero attached hydrogens (tertiary/aromatic N) is 1. The van der Waals surface area contributed by atoms with Crippen molar-refractivity contribution in [1.82, 2.24) is 0 Å². The molecule has 2 aromatic rings. The fourth-order valence-electron chi connectivity index (χ4n) is 3.15. The van der Waals surface area contributed by atoms with E-state index in [1.54, 1.807) is 13.0 Å². The number of hydrogen-bond donors (Lipinski definition) is 0. The SMILES string of the molecule is CC(=O)SCC(=Cc1ccc(C#N)c(OCc2ccccc2)c1)B1OC(C)(C)C(C)(C)O1. The van der Waals surface area contributed by atoms with E-state index in [9.17, 15) is 10.1 Å². The van der Waals surface area contributed by atoms with Gasteiger partial charge in [-0.3, -0.25) is 4.79 Å². The smallest absolute Gasteiger partial charge is 0.488 e. The lowest BCUT2D eigenvalue weighted by Gasteiger charge is -2.32. The zero-order valence-corrected chi connectivity index (χ0v) is 20.0. The van der Waals surface area contributed by atoms with Crippen molar-refractivity contribution in [2.24, 2.45) is 0 Å². The van der Waals surface area contributed by atoms with Gasteiger partial charge in [0, 0.05) is 12.7 Å². The van der Waals surface area contributed by atoms with E-state index in [2.05, 4.69) is 6.07 Å². The first-order valence-electron chi connectivity index (χ1n) is 10.5. The molecule has 0 unspecified atom stereocenters. The minimum atomic E-state index is -0.559. The first-order valence-corrected chi connectivity index (χ1v) is 11.5. The van der Waals surface area contributed by atoms with Crippen molar-refractivity contribution in [2.45, 2.75) is 52.4 Å². The quantitative estimate of drug-likeness (QED) is 0.525. The van der Waals surface area contributed by atoms with Crippen LogP contribution in [0.3, 0.4) is 0 Å². The molecule has 1 fully saturated rings. The number of nitriles is 1. The van der Waals surface area contributed by atoms with E-state index < -0.39 is 18.3 Å². The normalized spacial score (nSPS) is 17.1. The standard InChI is InChI=1S/C25H28BNO4S/c1-18(28)32-17-22(26-30-24(2,3)25(4,5)31-26)13-20-11-12-21(15-27)23(14-20)29-16-19-9-7-6-8-10-19/h6-14H,16-17H2,1-5H3. The van der Waals surface area contributed by atoms with Crippen molar-refractivity contribution >= 4 is 30.1 Å².